The summed E-state index contributed by atoms with van der Waals surface area (Å²) in [7, 11) is 0. The molecule has 0 saturated heterocycles. The van der Waals surface area contributed by atoms with Gasteiger partial charge in [-0.05, 0) is 6.92 Å². The van der Waals surface area contributed by atoms with E-state index >= 15 is 0 Å². The van der Waals surface area contributed by atoms with Crippen LogP contribution in [-0.4, -0.2) is 15.2 Å². The second-order valence-electron chi connectivity index (χ2n) is 1.87. The van der Waals surface area contributed by atoms with Crippen molar-refractivity contribution in [1.82, 2.24) is 15.2 Å². The fraction of sp³-hybridized carbons (Fsp3) is 0.500. The number of aryl methyl sites for hydroxylation is 2. The maximum absolute atomic E-state index is 4.02. The van der Waals surface area contributed by atoms with Gasteiger partial charge in [0.15, 0.2) is 5.82 Å². The zero-order chi connectivity index (χ0) is 6.69. The van der Waals surface area contributed by atoms with Crippen LogP contribution in [-0.2, 0) is 6.42 Å². The molecule has 1 rings (SSSR count). The normalized spacial score (nSPS) is 9.56. The third-order valence-corrected chi connectivity index (χ3v) is 1.04. The lowest BCUT2D eigenvalue weighted by Crippen LogP contribution is -1.95. The highest BCUT2D eigenvalue weighted by Gasteiger charge is 1.89. The summed E-state index contributed by atoms with van der Waals surface area (Å²) in [5.41, 5.74) is 0.868. The molecule has 0 fully saturated rings. The van der Waals surface area contributed by atoms with Crippen LogP contribution in [0.4, 0.5) is 0 Å². The summed E-state index contributed by atoms with van der Waals surface area (Å²) in [5, 5.41) is 7.67. The minimum atomic E-state index is 0.806. The van der Waals surface area contributed by atoms with E-state index in [1.807, 2.05) is 13.8 Å². The highest BCUT2D eigenvalue weighted by Crippen LogP contribution is 1.88. The van der Waals surface area contributed by atoms with Crippen LogP contribution in [0.5, 0.6) is 0 Å². The van der Waals surface area contributed by atoms with Crippen LogP contribution in [0.15, 0.2) is 6.20 Å². The third-order valence-electron chi connectivity index (χ3n) is 1.04. The molecule has 1 aromatic heterocycles. The minimum Gasteiger partial charge on any atom is -0.238 e. The summed E-state index contributed by atoms with van der Waals surface area (Å²) in [4.78, 5) is 4.02. The van der Waals surface area contributed by atoms with Crippen LogP contribution in [0.25, 0.3) is 0 Å². The van der Waals surface area contributed by atoms with Gasteiger partial charge >= 0.3 is 0 Å². The van der Waals surface area contributed by atoms with E-state index in [4.69, 9.17) is 0 Å². The summed E-state index contributed by atoms with van der Waals surface area (Å²) in [6, 6.07) is 0. The summed E-state index contributed by atoms with van der Waals surface area (Å²) in [6.07, 6.45) is 2.58. The van der Waals surface area contributed by atoms with E-state index < -0.39 is 0 Å². The monoisotopic (exact) mass is 123 g/mol. The molecule has 0 N–H and O–H groups in total. The van der Waals surface area contributed by atoms with E-state index in [0.29, 0.717) is 0 Å². The molecule has 48 valence electrons. The van der Waals surface area contributed by atoms with Crippen molar-refractivity contribution in [2.24, 2.45) is 0 Å². The SMILES string of the molecule is CCc1ncc(C)nn1. The van der Waals surface area contributed by atoms with Gasteiger partial charge in [-0.15, -0.1) is 5.10 Å². The molecule has 0 radical (unpaired) electrons. The Morgan fingerprint density at radius 2 is 2.22 bits per heavy atom. The van der Waals surface area contributed by atoms with Gasteiger partial charge in [0.25, 0.3) is 0 Å². The van der Waals surface area contributed by atoms with E-state index in [0.717, 1.165) is 17.9 Å². The van der Waals surface area contributed by atoms with E-state index in [9.17, 15) is 0 Å². The zero-order valence-corrected chi connectivity index (χ0v) is 5.63. The fourth-order valence-electron chi connectivity index (χ4n) is 0.518. The molecule has 1 aromatic rings. The second-order valence-corrected chi connectivity index (χ2v) is 1.87. The standard InChI is InChI=1S/C6H9N3/c1-3-6-7-4-5(2)8-9-6/h4H,3H2,1-2H3. The molecule has 0 aliphatic heterocycles. The van der Waals surface area contributed by atoms with E-state index in [2.05, 4.69) is 15.2 Å². The largest absolute Gasteiger partial charge is 0.238 e. The number of rotatable bonds is 1. The molecular formula is C6H9N3. The van der Waals surface area contributed by atoms with Gasteiger partial charge in [0.2, 0.25) is 0 Å². The van der Waals surface area contributed by atoms with Crippen LogP contribution in [0.2, 0.25) is 0 Å². The first-order chi connectivity index (χ1) is 4.33. The van der Waals surface area contributed by atoms with Crippen molar-refractivity contribution in [3.05, 3.63) is 17.7 Å². The predicted octanol–water partition coefficient (Wildman–Crippen LogP) is 0.742. The van der Waals surface area contributed by atoms with Crippen molar-refractivity contribution in [1.29, 1.82) is 0 Å². The van der Waals surface area contributed by atoms with Gasteiger partial charge in [0, 0.05) is 6.42 Å². The Morgan fingerprint density at radius 1 is 1.44 bits per heavy atom. The smallest absolute Gasteiger partial charge is 0.150 e. The highest BCUT2D eigenvalue weighted by atomic mass is 15.1. The van der Waals surface area contributed by atoms with Crippen molar-refractivity contribution < 1.29 is 0 Å². The van der Waals surface area contributed by atoms with Gasteiger partial charge < -0.3 is 0 Å². The first-order valence-electron chi connectivity index (χ1n) is 2.98. The molecule has 0 spiro atoms. The van der Waals surface area contributed by atoms with E-state index in [1.165, 1.54) is 0 Å². The Kier molecular flexibility index (Phi) is 1.72. The summed E-state index contributed by atoms with van der Waals surface area (Å²) >= 11 is 0. The van der Waals surface area contributed by atoms with Crippen molar-refractivity contribution in [2.45, 2.75) is 20.3 Å². The average molecular weight is 123 g/mol. The number of nitrogens with zero attached hydrogens (tertiary/aromatic N) is 3. The van der Waals surface area contributed by atoms with Crippen molar-refractivity contribution in [2.75, 3.05) is 0 Å². The Bertz CT molecular complexity index is 180. The van der Waals surface area contributed by atoms with Gasteiger partial charge in [-0.1, -0.05) is 6.92 Å². The van der Waals surface area contributed by atoms with Gasteiger partial charge in [-0.2, -0.15) is 5.10 Å². The molecule has 0 atom stereocenters. The summed E-state index contributed by atoms with van der Waals surface area (Å²) in [6.45, 7) is 3.88. The molecule has 3 heteroatoms. The second kappa shape index (κ2) is 2.53. The molecule has 0 saturated carbocycles. The molecule has 0 amide bonds. The third kappa shape index (κ3) is 1.45. The van der Waals surface area contributed by atoms with Crippen molar-refractivity contribution in [3.8, 4) is 0 Å². The van der Waals surface area contributed by atoms with Crippen LogP contribution in [0, 0.1) is 6.92 Å². The number of aromatic nitrogens is 3. The number of hydrogen-bond acceptors (Lipinski definition) is 3. The first-order valence-corrected chi connectivity index (χ1v) is 2.98. The van der Waals surface area contributed by atoms with Gasteiger partial charge in [-0.25, -0.2) is 4.98 Å². The van der Waals surface area contributed by atoms with Crippen LogP contribution >= 0.6 is 0 Å². The highest BCUT2D eigenvalue weighted by molar-refractivity contribution is 4.90. The van der Waals surface area contributed by atoms with Gasteiger partial charge in [0.1, 0.15) is 0 Å². The molecule has 0 unspecified atom stereocenters. The fourth-order valence-corrected chi connectivity index (χ4v) is 0.518. The average Bonchev–Trinajstić information content (AvgIpc) is 1.90. The Hall–Kier alpha value is -0.990. The molecule has 0 aliphatic rings. The minimum absolute atomic E-state index is 0.806. The topological polar surface area (TPSA) is 38.7 Å². The Morgan fingerprint density at radius 3 is 2.67 bits per heavy atom. The molecule has 3 nitrogen and oxygen atoms in total. The molecule has 0 bridgehead atoms. The maximum Gasteiger partial charge on any atom is 0.150 e. The molecule has 9 heavy (non-hydrogen) atoms. The molecule has 0 aromatic carbocycles. The van der Waals surface area contributed by atoms with Crippen molar-refractivity contribution in [3.63, 3.8) is 0 Å². The lowest BCUT2D eigenvalue weighted by Gasteiger charge is -1.90. The van der Waals surface area contributed by atoms with E-state index in [1.54, 1.807) is 6.20 Å². The quantitative estimate of drug-likeness (QED) is 0.553. The lowest BCUT2D eigenvalue weighted by molar-refractivity contribution is 0.825. The summed E-state index contributed by atoms with van der Waals surface area (Å²) in [5.74, 6) is 0.806. The number of hydrogen-bond donors (Lipinski definition) is 0. The Balaban J connectivity index is 2.88. The first kappa shape index (κ1) is 6.13. The van der Waals surface area contributed by atoms with Crippen LogP contribution < -0.4 is 0 Å². The Labute approximate surface area is 54.2 Å². The van der Waals surface area contributed by atoms with E-state index in [-0.39, 0.29) is 0 Å². The molecule has 0 aliphatic carbocycles. The van der Waals surface area contributed by atoms with Crippen molar-refractivity contribution >= 4 is 0 Å². The van der Waals surface area contributed by atoms with Gasteiger partial charge in [0.05, 0.1) is 11.9 Å². The van der Waals surface area contributed by atoms with Crippen LogP contribution in [0.3, 0.4) is 0 Å². The maximum atomic E-state index is 4.02. The predicted molar refractivity (Wildman–Crippen MR) is 33.9 cm³/mol. The van der Waals surface area contributed by atoms with Gasteiger partial charge in [-0.3, -0.25) is 0 Å². The lowest BCUT2D eigenvalue weighted by atomic mass is 10.4. The zero-order valence-electron chi connectivity index (χ0n) is 5.63. The van der Waals surface area contributed by atoms with Crippen LogP contribution in [0.1, 0.15) is 18.4 Å². The molecular weight excluding hydrogens is 114 g/mol. The summed E-state index contributed by atoms with van der Waals surface area (Å²) < 4.78 is 0. The molecule has 1 heterocycles.